The molecule has 8 heteroatoms. The summed E-state index contributed by atoms with van der Waals surface area (Å²) < 4.78 is 0.863. The predicted molar refractivity (Wildman–Crippen MR) is 93.5 cm³/mol. The minimum atomic E-state index is -0.141. The standard InChI is InChI=1S/C14H18Cl2N2O2S.ClH/c1-14(7-17)4-5-18(8-14)12(20)3-2-10(19)9-6-11(15)21-13(9)16;/h6H,2-5,7-8,17H2,1H3;1H. The number of rotatable bonds is 5. The van der Waals surface area contributed by atoms with Gasteiger partial charge in [0.25, 0.3) is 0 Å². The Morgan fingerprint density at radius 1 is 1.41 bits per heavy atom. The highest BCUT2D eigenvalue weighted by Gasteiger charge is 2.34. The number of halogens is 3. The van der Waals surface area contributed by atoms with Crippen LogP contribution in [0, 0.1) is 5.41 Å². The van der Waals surface area contributed by atoms with Gasteiger partial charge in [-0.25, -0.2) is 0 Å². The van der Waals surface area contributed by atoms with Crippen molar-refractivity contribution in [3.05, 3.63) is 20.3 Å². The van der Waals surface area contributed by atoms with Crippen LogP contribution in [0.1, 0.15) is 36.5 Å². The lowest BCUT2D eigenvalue weighted by atomic mass is 9.90. The first-order valence-electron chi connectivity index (χ1n) is 6.80. The minimum Gasteiger partial charge on any atom is -0.342 e. The number of carbonyl (C=O) groups is 2. The first-order valence-corrected chi connectivity index (χ1v) is 8.38. The van der Waals surface area contributed by atoms with Crippen LogP contribution in [0.4, 0.5) is 0 Å². The van der Waals surface area contributed by atoms with Gasteiger partial charge < -0.3 is 10.6 Å². The summed E-state index contributed by atoms with van der Waals surface area (Å²) in [7, 11) is 0. The van der Waals surface area contributed by atoms with E-state index in [0.717, 1.165) is 17.8 Å². The number of nitrogens with zero attached hydrogens (tertiary/aromatic N) is 1. The van der Waals surface area contributed by atoms with Gasteiger partial charge in [-0.1, -0.05) is 30.1 Å². The normalized spacial score (nSPS) is 20.8. The Balaban J connectivity index is 0.00000242. The third-order valence-electron chi connectivity index (χ3n) is 3.93. The van der Waals surface area contributed by atoms with Crippen molar-refractivity contribution >= 4 is 58.6 Å². The number of carbonyl (C=O) groups excluding carboxylic acids is 2. The Morgan fingerprint density at radius 2 is 2.09 bits per heavy atom. The van der Waals surface area contributed by atoms with Crippen molar-refractivity contribution in [2.45, 2.75) is 26.2 Å². The molecule has 0 spiro atoms. The molecule has 1 amide bonds. The van der Waals surface area contributed by atoms with E-state index < -0.39 is 0 Å². The molecule has 0 aromatic carbocycles. The van der Waals surface area contributed by atoms with Crippen LogP contribution in [-0.4, -0.2) is 36.2 Å². The van der Waals surface area contributed by atoms with E-state index in [-0.39, 0.29) is 42.4 Å². The average Bonchev–Trinajstić information content (AvgIpc) is 2.99. The summed E-state index contributed by atoms with van der Waals surface area (Å²) in [4.78, 5) is 26.0. The highest BCUT2D eigenvalue weighted by Crippen LogP contribution is 2.32. The Hall–Kier alpha value is -0.330. The van der Waals surface area contributed by atoms with E-state index >= 15 is 0 Å². The van der Waals surface area contributed by atoms with Gasteiger partial charge in [-0.15, -0.1) is 23.7 Å². The van der Waals surface area contributed by atoms with Gasteiger partial charge in [0.2, 0.25) is 5.91 Å². The molecule has 1 atom stereocenters. The molecular weight excluding hydrogens is 367 g/mol. The number of Topliss-reactive ketones (excluding diaryl/α,β-unsaturated/α-hetero) is 1. The minimum absolute atomic E-state index is 0. The molecule has 1 saturated heterocycles. The van der Waals surface area contributed by atoms with Gasteiger partial charge in [-0.3, -0.25) is 9.59 Å². The SMILES string of the molecule is CC1(CN)CCN(C(=O)CCC(=O)c2cc(Cl)sc2Cl)C1.Cl. The van der Waals surface area contributed by atoms with Gasteiger partial charge in [-0.05, 0) is 24.4 Å². The van der Waals surface area contributed by atoms with E-state index in [1.54, 1.807) is 11.0 Å². The molecule has 2 heterocycles. The van der Waals surface area contributed by atoms with Gasteiger partial charge >= 0.3 is 0 Å². The third kappa shape index (κ3) is 4.59. The molecule has 0 saturated carbocycles. The van der Waals surface area contributed by atoms with Crippen LogP contribution in [0.25, 0.3) is 0 Å². The lowest BCUT2D eigenvalue weighted by molar-refractivity contribution is -0.130. The quantitative estimate of drug-likeness (QED) is 0.787. The van der Waals surface area contributed by atoms with Gasteiger partial charge in [0.15, 0.2) is 5.78 Å². The van der Waals surface area contributed by atoms with E-state index in [9.17, 15) is 9.59 Å². The van der Waals surface area contributed by atoms with E-state index in [1.807, 2.05) is 0 Å². The summed E-state index contributed by atoms with van der Waals surface area (Å²) in [5.74, 6) is -0.143. The zero-order valence-corrected chi connectivity index (χ0v) is 15.4. The summed E-state index contributed by atoms with van der Waals surface area (Å²) in [6.45, 7) is 4.03. The first kappa shape index (κ1) is 19.7. The van der Waals surface area contributed by atoms with E-state index in [1.165, 1.54) is 0 Å². The molecular formula is C14H19Cl3N2O2S. The number of nitrogens with two attached hydrogens (primary N) is 1. The van der Waals surface area contributed by atoms with Crippen molar-refractivity contribution in [3.8, 4) is 0 Å². The third-order valence-corrected chi connectivity index (χ3v) is 5.41. The second-order valence-electron chi connectivity index (χ2n) is 5.74. The maximum atomic E-state index is 12.2. The number of ketones is 1. The maximum Gasteiger partial charge on any atom is 0.223 e. The van der Waals surface area contributed by atoms with E-state index in [4.69, 9.17) is 28.9 Å². The van der Waals surface area contributed by atoms with Crippen molar-refractivity contribution in [2.24, 2.45) is 11.1 Å². The van der Waals surface area contributed by atoms with Gasteiger partial charge in [0, 0.05) is 31.5 Å². The number of hydrogen-bond acceptors (Lipinski definition) is 4. The van der Waals surface area contributed by atoms with Crippen molar-refractivity contribution in [1.29, 1.82) is 0 Å². The van der Waals surface area contributed by atoms with Crippen LogP contribution in [-0.2, 0) is 4.79 Å². The van der Waals surface area contributed by atoms with Crippen LogP contribution in [0.2, 0.25) is 8.67 Å². The van der Waals surface area contributed by atoms with Crippen LogP contribution in [0.3, 0.4) is 0 Å². The van der Waals surface area contributed by atoms with Crippen molar-refractivity contribution in [3.63, 3.8) is 0 Å². The van der Waals surface area contributed by atoms with Crippen molar-refractivity contribution < 1.29 is 9.59 Å². The molecule has 1 aromatic rings. The Bertz CT molecular complexity index is 564. The molecule has 0 aliphatic carbocycles. The topological polar surface area (TPSA) is 63.4 Å². The van der Waals surface area contributed by atoms with E-state index in [0.29, 0.717) is 33.9 Å². The smallest absolute Gasteiger partial charge is 0.223 e. The summed E-state index contributed by atoms with van der Waals surface area (Å²) in [6.07, 6.45) is 1.26. The Kier molecular flexibility index (Phi) is 7.15. The highest BCUT2D eigenvalue weighted by atomic mass is 35.5. The molecule has 2 rings (SSSR count). The second-order valence-corrected chi connectivity index (χ2v) is 8.03. The Morgan fingerprint density at radius 3 is 2.59 bits per heavy atom. The molecule has 0 radical (unpaired) electrons. The average molecular weight is 386 g/mol. The molecule has 1 unspecified atom stereocenters. The molecule has 124 valence electrons. The summed E-state index contributed by atoms with van der Waals surface area (Å²) >= 11 is 12.9. The number of hydrogen-bond donors (Lipinski definition) is 1. The molecule has 1 aliphatic heterocycles. The lowest BCUT2D eigenvalue weighted by Gasteiger charge is -2.22. The van der Waals surface area contributed by atoms with Gasteiger partial charge in [0.1, 0.15) is 4.34 Å². The maximum absolute atomic E-state index is 12.2. The van der Waals surface area contributed by atoms with Crippen LogP contribution in [0.5, 0.6) is 0 Å². The zero-order valence-electron chi connectivity index (χ0n) is 12.2. The fraction of sp³-hybridized carbons (Fsp3) is 0.571. The van der Waals surface area contributed by atoms with Gasteiger partial charge in [-0.2, -0.15) is 0 Å². The molecule has 0 bridgehead atoms. The first-order chi connectivity index (χ1) is 9.84. The largest absolute Gasteiger partial charge is 0.342 e. The Labute approximate surface area is 150 Å². The summed E-state index contributed by atoms with van der Waals surface area (Å²) in [6, 6.07) is 1.56. The summed E-state index contributed by atoms with van der Waals surface area (Å²) in [5, 5.41) is 0. The van der Waals surface area contributed by atoms with Gasteiger partial charge in [0.05, 0.1) is 4.34 Å². The molecule has 4 nitrogen and oxygen atoms in total. The lowest BCUT2D eigenvalue weighted by Crippen LogP contribution is -2.34. The fourth-order valence-corrected chi connectivity index (χ4v) is 3.95. The predicted octanol–water partition coefficient (Wildman–Crippen LogP) is 3.64. The van der Waals surface area contributed by atoms with Crippen molar-refractivity contribution in [1.82, 2.24) is 4.90 Å². The van der Waals surface area contributed by atoms with E-state index in [2.05, 4.69) is 6.92 Å². The number of likely N-dealkylation sites (tertiary alicyclic amines) is 1. The zero-order chi connectivity index (χ0) is 15.6. The van der Waals surface area contributed by atoms with Crippen LogP contribution in [0.15, 0.2) is 6.07 Å². The molecule has 2 N–H and O–H groups in total. The second kappa shape index (κ2) is 7.97. The molecule has 1 aliphatic rings. The monoisotopic (exact) mass is 384 g/mol. The van der Waals surface area contributed by atoms with Crippen molar-refractivity contribution in [2.75, 3.05) is 19.6 Å². The molecule has 22 heavy (non-hydrogen) atoms. The molecule has 1 fully saturated rings. The molecule has 1 aromatic heterocycles. The number of amides is 1. The van der Waals surface area contributed by atoms with Crippen LogP contribution < -0.4 is 5.73 Å². The summed E-state index contributed by atoms with van der Waals surface area (Å²) in [5.41, 5.74) is 6.14. The van der Waals surface area contributed by atoms with Crippen LogP contribution >= 0.6 is 46.9 Å². The number of thiophene rings is 1. The fourth-order valence-electron chi connectivity index (χ4n) is 2.45. The highest BCUT2D eigenvalue weighted by molar-refractivity contribution is 7.20.